The van der Waals surface area contributed by atoms with Crippen LogP contribution in [-0.4, -0.2) is 35.2 Å². The van der Waals surface area contributed by atoms with E-state index >= 15 is 0 Å². The van der Waals surface area contributed by atoms with Crippen LogP contribution in [0.3, 0.4) is 0 Å². The van der Waals surface area contributed by atoms with Gasteiger partial charge in [0.15, 0.2) is 0 Å². The monoisotopic (exact) mass is 519 g/mol. The van der Waals surface area contributed by atoms with E-state index in [9.17, 15) is 14.4 Å². The summed E-state index contributed by atoms with van der Waals surface area (Å²) in [6.07, 6.45) is 1.64. The van der Waals surface area contributed by atoms with Gasteiger partial charge in [0, 0.05) is 26.8 Å². The fourth-order valence-electron chi connectivity index (χ4n) is 6.08. The second kappa shape index (κ2) is 6.54. The van der Waals surface area contributed by atoms with Gasteiger partial charge in [-0.15, -0.1) is 0 Å². The number of imide groups is 1. The highest BCUT2D eigenvalue weighted by atomic mass is 79.9. The minimum absolute atomic E-state index is 0.173. The van der Waals surface area contributed by atoms with Gasteiger partial charge >= 0.3 is 0 Å². The van der Waals surface area contributed by atoms with Crippen molar-refractivity contribution in [2.45, 2.75) is 24.4 Å². The van der Waals surface area contributed by atoms with Gasteiger partial charge in [0.1, 0.15) is 5.54 Å². The average molecular weight is 521 g/mol. The van der Waals surface area contributed by atoms with Crippen molar-refractivity contribution >= 4 is 68.2 Å². The molecule has 0 aromatic heterocycles. The van der Waals surface area contributed by atoms with Crippen LogP contribution in [0.5, 0.6) is 0 Å². The molecular formula is C22H16BrCl2N3O3. The molecule has 31 heavy (non-hydrogen) atoms. The van der Waals surface area contributed by atoms with Gasteiger partial charge in [0.2, 0.25) is 17.7 Å². The van der Waals surface area contributed by atoms with Crippen molar-refractivity contribution in [1.29, 1.82) is 0 Å². The summed E-state index contributed by atoms with van der Waals surface area (Å²) in [7, 11) is 0. The summed E-state index contributed by atoms with van der Waals surface area (Å²) in [5.41, 5.74) is 0.535. The number of carbonyl (C=O) groups is 3. The van der Waals surface area contributed by atoms with Crippen molar-refractivity contribution in [3.8, 4) is 0 Å². The zero-order chi connectivity index (χ0) is 21.7. The van der Waals surface area contributed by atoms with Crippen LogP contribution in [-0.2, 0) is 19.9 Å². The standard InChI is InChI=1S/C22H16BrCl2N3O3/c23-10-3-5-14-12(8-10)22(21(31)26-14)18-17(16-2-1-7-27(16)22)19(29)28(20(18)30)15-6-4-11(24)9-13(15)25/h3-6,8-9,16-18H,1-2,7H2,(H,26,31)/t16-,17+,18+,22+/m0/s1. The van der Waals surface area contributed by atoms with E-state index in [4.69, 9.17) is 23.2 Å². The summed E-state index contributed by atoms with van der Waals surface area (Å²) in [6, 6.07) is 10.1. The minimum Gasteiger partial charge on any atom is -0.324 e. The summed E-state index contributed by atoms with van der Waals surface area (Å²) in [4.78, 5) is 44.3. The topological polar surface area (TPSA) is 69.7 Å². The Labute approximate surface area is 196 Å². The molecule has 6 nitrogen and oxygen atoms in total. The molecule has 158 valence electrons. The van der Waals surface area contributed by atoms with Crippen LogP contribution in [0.25, 0.3) is 0 Å². The van der Waals surface area contributed by atoms with Gasteiger partial charge < -0.3 is 5.32 Å². The number of amides is 3. The van der Waals surface area contributed by atoms with Gasteiger partial charge in [0.25, 0.3) is 0 Å². The maximum Gasteiger partial charge on any atom is 0.250 e. The third-order valence-electron chi connectivity index (χ3n) is 7.11. The molecule has 6 rings (SSSR count). The van der Waals surface area contributed by atoms with Gasteiger partial charge in [0.05, 0.1) is 22.5 Å². The fraction of sp³-hybridized carbons (Fsp3) is 0.318. The van der Waals surface area contributed by atoms with Gasteiger partial charge in [-0.05, 0) is 55.8 Å². The Morgan fingerprint density at radius 1 is 1.06 bits per heavy atom. The van der Waals surface area contributed by atoms with Crippen LogP contribution in [0.4, 0.5) is 11.4 Å². The lowest BCUT2D eigenvalue weighted by Crippen LogP contribution is -2.54. The van der Waals surface area contributed by atoms with Gasteiger partial charge in [-0.1, -0.05) is 39.1 Å². The first-order valence-corrected chi connectivity index (χ1v) is 11.6. The Hall–Kier alpha value is -1.93. The number of nitrogens with one attached hydrogen (secondary N) is 1. The molecule has 4 heterocycles. The molecule has 4 aliphatic rings. The number of hydrogen-bond donors (Lipinski definition) is 1. The van der Waals surface area contributed by atoms with E-state index in [0.717, 1.165) is 27.8 Å². The maximum absolute atomic E-state index is 13.9. The molecule has 0 saturated carbocycles. The zero-order valence-electron chi connectivity index (χ0n) is 16.1. The first-order chi connectivity index (χ1) is 14.9. The van der Waals surface area contributed by atoms with Gasteiger partial charge in [-0.25, -0.2) is 4.90 Å². The zero-order valence-corrected chi connectivity index (χ0v) is 19.2. The van der Waals surface area contributed by atoms with Crippen molar-refractivity contribution in [1.82, 2.24) is 4.90 Å². The summed E-state index contributed by atoms with van der Waals surface area (Å²) < 4.78 is 0.815. The van der Waals surface area contributed by atoms with E-state index in [0.29, 0.717) is 22.9 Å². The number of fused-ring (bicyclic) bond motifs is 7. The number of anilines is 2. The Kier molecular flexibility index (Phi) is 4.16. The Bertz CT molecular complexity index is 1200. The maximum atomic E-state index is 13.9. The summed E-state index contributed by atoms with van der Waals surface area (Å²) in [6.45, 7) is 0.666. The third kappa shape index (κ3) is 2.35. The van der Waals surface area contributed by atoms with Crippen LogP contribution < -0.4 is 10.2 Å². The smallest absolute Gasteiger partial charge is 0.250 e. The van der Waals surface area contributed by atoms with E-state index in [1.165, 1.54) is 6.07 Å². The average Bonchev–Trinajstić information content (AvgIpc) is 3.42. The molecule has 2 aromatic rings. The molecule has 1 spiro atoms. The van der Waals surface area contributed by atoms with Crippen LogP contribution in [0, 0.1) is 11.8 Å². The molecule has 4 atom stereocenters. The lowest BCUT2D eigenvalue weighted by Gasteiger charge is -2.36. The molecule has 0 aliphatic carbocycles. The van der Waals surface area contributed by atoms with Gasteiger partial charge in [-0.3, -0.25) is 19.3 Å². The minimum atomic E-state index is -1.20. The second-order valence-corrected chi connectivity index (χ2v) is 10.2. The Balaban J connectivity index is 1.57. The highest BCUT2D eigenvalue weighted by Crippen LogP contribution is 2.61. The van der Waals surface area contributed by atoms with E-state index in [1.54, 1.807) is 12.1 Å². The predicted octanol–water partition coefficient (Wildman–Crippen LogP) is 4.19. The normalized spacial score (nSPS) is 31.4. The third-order valence-corrected chi connectivity index (χ3v) is 8.14. The number of hydrogen-bond acceptors (Lipinski definition) is 4. The van der Waals surface area contributed by atoms with E-state index in [2.05, 4.69) is 26.1 Å². The molecule has 2 aromatic carbocycles. The van der Waals surface area contributed by atoms with E-state index in [-0.39, 0.29) is 22.9 Å². The lowest BCUT2D eigenvalue weighted by atomic mass is 9.75. The van der Waals surface area contributed by atoms with Gasteiger partial charge in [-0.2, -0.15) is 0 Å². The number of benzene rings is 2. The Morgan fingerprint density at radius 2 is 1.87 bits per heavy atom. The van der Waals surface area contributed by atoms with Crippen LogP contribution >= 0.6 is 39.1 Å². The summed E-state index contributed by atoms with van der Waals surface area (Å²) in [5, 5.41) is 3.61. The number of halogens is 3. The number of nitrogens with zero attached hydrogens (tertiary/aromatic N) is 2. The van der Waals surface area contributed by atoms with Crippen molar-refractivity contribution in [2.75, 3.05) is 16.8 Å². The van der Waals surface area contributed by atoms with Crippen LogP contribution in [0.1, 0.15) is 18.4 Å². The van der Waals surface area contributed by atoms with Crippen molar-refractivity contribution < 1.29 is 14.4 Å². The molecule has 3 amide bonds. The molecule has 0 radical (unpaired) electrons. The largest absolute Gasteiger partial charge is 0.324 e. The first-order valence-electron chi connectivity index (χ1n) is 10.1. The fourth-order valence-corrected chi connectivity index (χ4v) is 6.93. The molecule has 0 bridgehead atoms. The Morgan fingerprint density at radius 3 is 2.65 bits per heavy atom. The second-order valence-electron chi connectivity index (χ2n) is 8.42. The summed E-state index contributed by atoms with van der Waals surface area (Å²) in [5.74, 6) is -2.35. The van der Waals surface area contributed by atoms with Crippen molar-refractivity contribution in [3.05, 3.63) is 56.5 Å². The molecular weight excluding hydrogens is 505 g/mol. The lowest BCUT2D eigenvalue weighted by molar-refractivity contribution is -0.135. The highest BCUT2D eigenvalue weighted by molar-refractivity contribution is 9.10. The highest BCUT2D eigenvalue weighted by Gasteiger charge is 2.74. The molecule has 3 saturated heterocycles. The van der Waals surface area contributed by atoms with Crippen molar-refractivity contribution in [3.63, 3.8) is 0 Å². The number of rotatable bonds is 1. The SMILES string of the molecule is O=C1[C@@H]2[C@@H]3CCCN3[C@@]3(C(=O)Nc4ccc(Br)cc43)[C@H]2C(=O)N1c1ccc(Cl)cc1Cl. The van der Waals surface area contributed by atoms with E-state index < -0.39 is 23.3 Å². The van der Waals surface area contributed by atoms with Crippen LogP contribution in [0.15, 0.2) is 40.9 Å². The first kappa shape index (κ1) is 19.7. The molecule has 4 aliphatic heterocycles. The van der Waals surface area contributed by atoms with E-state index in [1.807, 2.05) is 18.2 Å². The predicted molar refractivity (Wildman–Crippen MR) is 120 cm³/mol. The van der Waals surface area contributed by atoms with Crippen LogP contribution in [0.2, 0.25) is 10.0 Å². The molecule has 9 heteroatoms. The molecule has 1 N–H and O–H groups in total. The molecule has 0 unspecified atom stereocenters. The number of carbonyl (C=O) groups excluding carboxylic acids is 3. The quantitative estimate of drug-likeness (QED) is 0.572. The van der Waals surface area contributed by atoms with Crippen molar-refractivity contribution in [2.24, 2.45) is 11.8 Å². The molecule has 3 fully saturated rings. The summed E-state index contributed by atoms with van der Waals surface area (Å²) >= 11 is 15.9.